The van der Waals surface area contributed by atoms with Crippen LogP contribution >= 0.6 is 0 Å². The van der Waals surface area contributed by atoms with Crippen LogP contribution in [0.15, 0.2) is 23.0 Å². The van der Waals surface area contributed by atoms with E-state index in [2.05, 4.69) is 9.88 Å². The third-order valence-electron chi connectivity index (χ3n) is 4.18. The van der Waals surface area contributed by atoms with Crippen molar-refractivity contribution in [2.24, 2.45) is 0 Å². The van der Waals surface area contributed by atoms with Crippen molar-refractivity contribution >= 4 is 11.0 Å². The number of para-hydroxylation sites is 1. The van der Waals surface area contributed by atoms with Gasteiger partial charge in [0.2, 0.25) is 0 Å². The zero-order valence-corrected chi connectivity index (χ0v) is 11.6. The number of likely N-dealkylation sites (tertiary alicyclic amines) is 1. The lowest BCUT2D eigenvalue weighted by molar-refractivity contribution is -0.136. The summed E-state index contributed by atoms with van der Waals surface area (Å²) >= 11 is 0. The summed E-state index contributed by atoms with van der Waals surface area (Å²) < 4.78 is 40.4. The number of benzene rings is 1. The summed E-state index contributed by atoms with van der Waals surface area (Å²) in [5, 5.41) is 0. The predicted molar refractivity (Wildman–Crippen MR) is 73.2 cm³/mol. The zero-order chi connectivity index (χ0) is 15.2. The van der Waals surface area contributed by atoms with Gasteiger partial charge in [-0.2, -0.15) is 13.2 Å². The van der Waals surface area contributed by atoms with Gasteiger partial charge in [0, 0.05) is 12.6 Å². The molecule has 1 unspecified atom stereocenters. The lowest BCUT2D eigenvalue weighted by Crippen LogP contribution is -2.32. The highest BCUT2D eigenvalue weighted by atomic mass is 19.4. The van der Waals surface area contributed by atoms with Gasteiger partial charge in [0.25, 0.3) is 0 Å². The molecule has 1 atom stereocenters. The van der Waals surface area contributed by atoms with E-state index in [1.807, 2.05) is 7.05 Å². The van der Waals surface area contributed by atoms with Crippen LogP contribution in [0.4, 0.5) is 13.2 Å². The van der Waals surface area contributed by atoms with Crippen molar-refractivity contribution in [3.05, 3.63) is 34.2 Å². The Kier molecular flexibility index (Phi) is 3.32. The maximum Gasteiger partial charge on any atom is 0.418 e. The van der Waals surface area contributed by atoms with Crippen molar-refractivity contribution in [2.75, 3.05) is 13.6 Å². The fourth-order valence-electron chi connectivity index (χ4n) is 3.02. The molecular formula is C14H16F3N3O. The second-order valence-electron chi connectivity index (χ2n) is 5.51. The molecule has 1 saturated heterocycles. The van der Waals surface area contributed by atoms with Crippen molar-refractivity contribution in [1.82, 2.24) is 14.5 Å². The first-order valence-electron chi connectivity index (χ1n) is 6.87. The van der Waals surface area contributed by atoms with Crippen molar-refractivity contribution in [3.8, 4) is 0 Å². The van der Waals surface area contributed by atoms with Crippen LogP contribution in [0, 0.1) is 0 Å². The third kappa shape index (κ3) is 2.46. The summed E-state index contributed by atoms with van der Waals surface area (Å²) in [5.41, 5.74) is -1.09. The molecule has 2 heterocycles. The molecule has 0 bridgehead atoms. The minimum absolute atomic E-state index is 0.129. The van der Waals surface area contributed by atoms with E-state index in [0.717, 1.165) is 25.5 Å². The van der Waals surface area contributed by atoms with E-state index in [1.165, 1.54) is 10.6 Å². The lowest BCUT2D eigenvalue weighted by atomic mass is 10.1. The van der Waals surface area contributed by atoms with Gasteiger partial charge in [-0.1, -0.05) is 6.07 Å². The number of fused-ring (bicyclic) bond motifs is 1. The third-order valence-corrected chi connectivity index (χ3v) is 4.18. The molecule has 114 valence electrons. The number of rotatable bonds is 2. The van der Waals surface area contributed by atoms with Crippen LogP contribution in [-0.4, -0.2) is 34.1 Å². The number of nitrogens with zero attached hydrogens (tertiary/aromatic N) is 2. The Morgan fingerprint density at radius 2 is 2.14 bits per heavy atom. The highest BCUT2D eigenvalue weighted by Gasteiger charge is 2.34. The summed E-state index contributed by atoms with van der Waals surface area (Å²) in [6, 6.07) is 4.07. The molecule has 3 rings (SSSR count). The minimum atomic E-state index is -4.47. The summed E-state index contributed by atoms with van der Waals surface area (Å²) in [6.45, 7) is 1.37. The fourth-order valence-corrected chi connectivity index (χ4v) is 3.02. The van der Waals surface area contributed by atoms with Crippen molar-refractivity contribution in [3.63, 3.8) is 0 Å². The number of imidazole rings is 1. The highest BCUT2D eigenvalue weighted by Crippen LogP contribution is 2.33. The number of hydrogen-bond donors (Lipinski definition) is 1. The van der Waals surface area contributed by atoms with Gasteiger partial charge in [-0.05, 0) is 38.6 Å². The predicted octanol–water partition coefficient (Wildman–Crippen LogP) is 2.44. The van der Waals surface area contributed by atoms with Crippen molar-refractivity contribution in [1.29, 1.82) is 0 Å². The van der Waals surface area contributed by atoms with E-state index in [4.69, 9.17) is 0 Å². The average molecular weight is 299 g/mol. The van der Waals surface area contributed by atoms with E-state index < -0.39 is 17.4 Å². The van der Waals surface area contributed by atoms with Crippen molar-refractivity contribution in [2.45, 2.75) is 31.6 Å². The van der Waals surface area contributed by atoms with Gasteiger partial charge in [0.05, 0.1) is 16.6 Å². The quantitative estimate of drug-likeness (QED) is 0.925. The van der Waals surface area contributed by atoms with Gasteiger partial charge in [-0.3, -0.25) is 4.57 Å². The van der Waals surface area contributed by atoms with Gasteiger partial charge >= 0.3 is 11.9 Å². The summed E-state index contributed by atoms with van der Waals surface area (Å²) in [6.07, 6.45) is -2.47. The SMILES string of the molecule is CN1CCCC1Cn1c(=O)[nH]c2c(C(F)(F)F)cccc21. The standard InChI is InChI=1S/C14H16F3N3O/c1-19-7-3-4-9(19)8-20-11-6-2-5-10(14(15,16)17)12(11)18-13(20)21/h2,5-6,9H,3-4,7-8H2,1H3,(H,18,21). The average Bonchev–Trinajstić information content (AvgIpc) is 2.93. The molecule has 1 aliphatic heterocycles. The summed E-state index contributed by atoms with van der Waals surface area (Å²) in [7, 11) is 1.97. The number of aromatic nitrogens is 2. The molecule has 0 saturated carbocycles. The monoisotopic (exact) mass is 299 g/mol. The largest absolute Gasteiger partial charge is 0.418 e. The molecule has 0 radical (unpaired) electrons. The van der Waals surface area contributed by atoms with E-state index in [-0.39, 0.29) is 11.6 Å². The molecule has 2 aromatic rings. The first-order valence-corrected chi connectivity index (χ1v) is 6.87. The number of H-pyrrole nitrogens is 1. The minimum Gasteiger partial charge on any atom is -0.305 e. The molecule has 1 fully saturated rings. The highest BCUT2D eigenvalue weighted by molar-refractivity contribution is 5.79. The van der Waals surface area contributed by atoms with Crippen LogP contribution in [0.2, 0.25) is 0 Å². The Morgan fingerprint density at radius 3 is 2.76 bits per heavy atom. The Labute approximate surface area is 119 Å². The van der Waals surface area contributed by atoms with Crippen LogP contribution in [0.1, 0.15) is 18.4 Å². The van der Waals surface area contributed by atoms with Crippen LogP contribution in [0.3, 0.4) is 0 Å². The maximum atomic E-state index is 13.0. The van der Waals surface area contributed by atoms with E-state index in [9.17, 15) is 18.0 Å². The second-order valence-corrected chi connectivity index (χ2v) is 5.51. The normalized spacial score (nSPS) is 20.5. The number of likely N-dealkylation sites (N-methyl/N-ethyl adjacent to an activating group) is 1. The van der Waals surface area contributed by atoms with Crippen LogP contribution in [0.25, 0.3) is 11.0 Å². The Hall–Kier alpha value is -1.76. The molecule has 7 heteroatoms. The molecule has 0 spiro atoms. The molecule has 1 aliphatic rings. The fraction of sp³-hybridized carbons (Fsp3) is 0.500. The number of aromatic amines is 1. The number of alkyl halides is 3. The molecule has 0 amide bonds. The number of halogens is 3. The number of nitrogens with one attached hydrogen (secondary N) is 1. The van der Waals surface area contributed by atoms with Gasteiger partial charge in [0.15, 0.2) is 0 Å². The molecule has 1 N–H and O–H groups in total. The first kappa shape index (κ1) is 14.2. The van der Waals surface area contributed by atoms with Crippen LogP contribution in [0.5, 0.6) is 0 Å². The zero-order valence-electron chi connectivity index (χ0n) is 11.6. The van der Waals surface area contributed by atoms with Gasteiger partial charge in [-0.25, -0.2) is 4.79 Å². The molecule has 21 heavy (non-hydrogen) atoms. The Balaban J connectivity index is 2.08. The summed E-state index contributed by atoms with van der Waals surface area (Å²) in [4.78, 5) is 16.5. The van der Waals surface area contributed by atoms with E-state index >= 15 is 0 Å². The van der Waals surface area contributed by atoms with Gasteiger partial charge in [0.1, 0.15) is 0 Å². The molecule has 4 nitrogen and oxygen atoms in total. The van der Waals surface area contributed by atoms with Gasteiger partial charge in [-0.15, -0.1) is 0 Å². The Morgan fingerprint density at radius 1 is 1.38 bits per heavy atom. The van der Waals surface area contributed by atoms with Crippen LogP contribution < -0.4 is 5.69 Å². The topological polar surface area (TPSA) is 41.0 Å². The smallest absolute Gasteiger partial charge is 0.305 e. The second kappa shape index (κ2) is 4.91. The molecule has 1 aromatic heterocycles. The first-order chi connectivity index (χ1) is 9.88. The summed E-state index contributed by atoms with van der Waals surface area (Å²) in [5.74, 6) is 0. The van der Waals surface area contributed by atoms with E-state index in [0.29, 0.717) is 12.1 Å². The Bertz CT molecular complexity index is 716. The number of hydrogen-bond acceptors (Lipinski definition) is 2. The maximum absolute atomic E-state index is 13.0. The molecular weight excluding hydrogens is 283 g/mol. The van der Waals surface area contributed by atoms with Crippen LogP contribution in [-0.2, 0) is 12.7 Å². The van der Waals surface area contributed by atoms with E-state index in [1.54, 1.807) is 6.07 Å². The molecule has 1 aromatic carbocycles. The molecule has 0 aliphatic carbocycles. The van der Waals surface area contributed by atoms with Crippen molar-refractivity contribution < 1.29 is 13.2 Å². The van der Waals surface area contributed by atoms with Gasteiger partial charge < -0.3 is 9.88 Å². The lowest BCUT2D eigenvalue weighted by Gasteiger charge is -2.19.